The van der Waals surface area contributed by atoms with Crippen molar-refractivity contribution in [3.05, 3.63) is 41.0 Å². The Labute approximate surface area is 176 Å². The first kappa shape index (κ1) is 21.5. The summed E-state index contributed by atoms with van der Waals surface area (Å²) in [5.74, 6) is -1.65. The number of hydrogen-bond acceptors (Lipinski definition) is 10. The summed E-state index contributed by atoms with van der Waals surface area (Å²) in [5.41, 5.74) is 0.415. The minimum Gasteiger partial charge on any atom is -0.507 e. The maximum Gasteiger partial charge on any atom is 0.157 e. The zero-order chi connectivity index (χ0) is 22.6. The summed E-state index contributed by atoms with van der Waals surface area (Å²) in [6.45, 7) is 1.49. The summed E-state index contributed by atoms with van der Waals surface area (Å²) in [6.07, 6.45) is -9.00. The van der Waals surface area contributed by atoms with Crippen LogP contribution in [0.25, 0.3) is 0 Å². The number of rotatable bonds is 2. The zero-order valence-electron chi connectivity index (χ0n) is 16.5. The molecule has 4 rings (SSSR count). The van der Waals surface area contributed by atoms with Crippen LogP contribution in [0, 0.1) is 0 Å². The molecule has 0 bridgehead atoms. The van der Waals surface area contributed by atoms with Crippen LogP contribution in [0.2, 0.25) is 0 Å². The Morgan fingerprint density at radius 1 is 0.774 bits per heavy atom. The van der Waals surface area contributed by atoms with E-state index in [-0.39, 0.29) is 34.8 Å². The molecule has 10 nitrogen and oxygen atoms in total. The van der Waals surface area contributed by atoms with Gasteiger partial charge in [0.15, 0.2) is 11.5 Å². The molecule has 0 unspecified atom stereocenters. The number of hydrogen-bond donors (Lipinski definition) is 8. The highest BCUT2D eigenvalue weighted by Crippen LogP contribution is 2.50. The number of phenols is 4. The number of ether oxygens (including phenoxy) is 2. The molecule has 2 aromatic carbocycles. The highest BCUT2D eigenvalue weighted by molar-refractivity contribution is 5.59. The second-order valence-electron chi connectivity index (χ2n) is 7.93. The van der Waals surface area contributed by atoms with Crippen molar-refractivity contribution in [3.8, 4) is 28.7 Å². The molecule has 0 aromatic heterocycles. The molecule has 0 radical (unpaired) electrons. The predicted molar refractivity (Wildman–Crippen MR) is 104 cm³/mol. The van der Waals surface area contributed by atoms with E-state index in [1.54, 1.807) is 0 Å². The van der Waals surface area contributed by atoms with Crippen LogP contribution >= 0.6 is 0 Å². The highest BCUT2D eigenvalue weighted by atomic mass is 16.5. The number of aliphatic hydroxyl groups is 4. The summed E-state index contributed by atoms with van der Waals surface area (Å²) in [7, 11) is 0. The Bertz CT molecular complexity index is 993. The van der Waals surface area contributed by atoms with E-state index in [2.05, 4.69) is 0 Å². The average Bonchev–Trinajstić information content (AvgIpc) is 2.72. The van der Waals surface area contributed by atoms with Crippen molar-refractivity contribution in [2.24, 2.45) is 0 Å². The van der Waals surface area contributed by atoms with E-state index in [1.165, 1.54) is 25.1 Å². The Morgan fingerprint density at radius 3 is 2.16 bits per heavy atom. The van der Waals surface area contributed by atoms with Gasteiger partial charge in [-0.1, -0.05) is 6.07 Å². The van der Waals surface area contributed by atoms with Gasteiger partial charge in [0.25, 0.3) is 0 Å². The van der Waals surface area contributed by atoms with Crippen molar-refractivity contribution in [2.75, 3.05) is 0 Å². The number of benzene rings is 2. The third-order valence-corrected chi connectivity index (χ3v) is 5.85. The summed E-state index contributed by atoms with van der Waals surface area (Å²) in [4.78, 5) is 0. The SMILES string of the molecule is C[C@@H]1O[C@@H](c2c(O)cc(O)c3c2O[C@@H](c2ccc(O)c(O)c2)[C@@H](O)C3)[C@H](O)[C@H](O)[C@H]1O. The van der Waals surface area contributed by atoms with Gasteiger partial charge in [0.2, 0.25) is 0 Å². The van der Waals surface area contributed by atoms with Crippen molar-refractivity contribution in [3.63, 3.8) is 0 Å². The molecular formula is C21H24O10. The van der Waals surface area contributed by atoms with Crippen molar-refractivity contribution in [1.82, 2.24) is 0 Å². The van der Waals surface area contributed by atoms with Gasteiger partial charge < -0.3 is 50.3 Å². The van der Waals surface area contributed by atoms with Crippen LogP contribution in [0.3, 0.4) is 0 Å². The maximum absolute atomic E-state index is 10.6. The van der Waals surface area contributed by atoms with Gasteiger partial charge in [-0.15, -0.1) is 0 Å². The minimum absolute atomic E-state index is 0.0554. The summed E-state index contributed by atoms with van der Waals surface area (Å²) >= 11 is 0. The van der Waals surface area contributed by atoms with Crippen LogP contribution in [0.5, 0.6) is 28.7 Å². The van der Waals surface area contributed by atoms with Gasteiger partial charge in [0.05, 0.1) is 17.8 Å². The zero-order valence-corrected chi connectivity index (χ0v) is 16.5. The largest absolute Gasteiger partial charge is 0.507 e. The van der Waals surface area contributed by atoms with Crippen LogP contribution in [-0.4, -0.2) is 71.4 Å². The molecule has 0 saturated carbocycles. The molecule has 1 saturated heterocycles. The molecule has 0 amide bonds. The molecule has 0 spiro atoms. The quantitative estimate of drug-likeness (QED) is 0.301. The molecule has 2 aliphatic rings. The lowest BCUT2D eigenvalue weighted by Crippen LogP contribution is -2.53. The van der Waals surface area contributed by atoms with Gasteiger partial charge in [-0.3, -0.25) is 0 Å². The fourth-order valence-electron chi connectivity index (χ4n) is 4.12. The Kier molecular flexibility index (Phi) is 5.36. The highest BCUT2D eigenvalue weighted by Gasteiger charge is 2.46. The minimum atomic E-state index is -1.61. The van der Waals surface area contributed by atoms with Crippen molar-refractivity contribution >= 4 is 0 Å². The average molecular weight is 436 g/mol. The number of aromatic hydroxyl groups is 4. The van der Waals surface area contributed by atoms with E-state index in [9.17, 15) is 40.9 Å². The monoisotopic (exact) mass is 436 g/mol. The molecule has 2 aliphatic heterocycles. The van der Waals surface area contributed by atoms with E-state index in [1.807, 2.05) is 0 Å². The third kappa shape index (κ3) is 3.52. The number of phenolic OH excluding ortho intramolecular Hbond substituents is 4. The molecule has 10 heteroatoms. The molecule has 2 aromatic rings. The van der Waals surface area contributed by atoms with Crippen molar-refractivity contribution in [2.45, 2.75) is 56.1 Å². The van der Waals surface area contributed by atoms with Gasteiger partial charge in [0.1, 0.15) is 47.8 Å². The van der Waals surface area contributed by atoms with Crippen LogP contribution in [0.4, 0.5) is 0 Å². The van der Waals surface area contributed by atoms with Crippen LogP contribution in [0.1, 0.15) is 35.8 Å². The fraction of sp³-hybridized carbons (Fsp3) is 0.429. The van der Waals surface area contributed by atoms with Crippen molar-refractivity contribution < 1.29 is 50.3 Å². The van der Waals surface area contributed by atoms with Gasteiger partial charge in [-0.05, 0) is 24.6 Å². The topological polar surface area (TPSA) is 180 Å². The first-order valence-corrected chi connectivity index (χ1v) is 9.74. The Hall–Kier alpha value is -2.76. The molecule has 31 heavy (non-hydrogen) atoms. The summed E-state index contributed by atoms with van der Waals surface area (Å²) in [6, 6.07) is 4.90. The fourth-order valence-corrected chi connectivity index (χ4v) is 4.12. The number of aliphatic hydroxyl groups excluding tert-OH is 4. The Balaban J connectivity index is 1.80. The number of fused-ring (bicyclic) bond motifs is 1. The standard InChI is InChI=1S/C21H24O10/c1-7-16(27)17(28)18(29)21(30-7)15-13(25)6-11(23)9-5-14(26)19(31-20(9)15)8-2-3-10(22)12(24)4-8/h2-4,6-7,14,16-19,21-29H,5H2,1H3/t7-,14-,16-,17+,18+,19-,21-/m0/s1. The molecule has 7 atom stereocenters. The second-order valence-corrected chi connectivity index (χ2v) is 7.93. The van der Waals surface area contributed by atoms with E-state index in [0.717, 1.165) is 6.07 Å². The van der Waals surface area contributed by atoms with Crippen LogP contribution in [-0.2, 0) is 11.2 Å². The molecule has 168 valence electrons. The van der Waals surface area contributed by atoms with E-state index >= 15 is 0 Å². The van der Waals surface area contributed by atoms with E-state index in [0.29, 0.717) is 5.56 Å². The molecular weight excluding hydrogens is 412 g/mol. The van der Waals surface area contributed by atoms with Crippen LogP contribution < -0.4 is 4.74 Å². The van der Waals surface area contributed by atoms with Crippen molar-refractivity contribution in [1.29, 1.82) is 0 Å². The van der Waals surface area contributed by atoms with E-state index in [4.69, 9.17) is 9.47 Å². The van der Waals surface area contributed by atoms with Gasteiger partial charge in [-0.2, -0.15) is 0 Å². The third-order valence-electron chi connectivity index (χ3n) is 5.85. The van der Waals surface area contributed by atoms with E-state index < -0.39 is 54.2 Å². The Morgan fingerprint density at radius 2 is 1.48 bits per heavy atom. The maximum atomic E-state index is 10.6. The molecule has 1 fully saturated rings. The predicted octanol–water partition coefficient (Wildman–Crippen LogP) is 0.0886. The lowest BCUT2D eigenvalue weighted by atomic mass is 9.86. The van der Waals surface area contributed by atoms with Crippen LogP contribution in [0.15, 0.2) is 24.3 Å². The molecule has 2 heterocycles. The molecule has 8 N–H and O–H groups in total. The normalized spacial score (nSPS) is 32.9. The van der Waals surface area contributed by atoms with Gasteiger partial charge in [0, 0.05) is 18.1 Å². The lowest BCUT2D eigenvalue weighted by molar-refractivity contribution is -0.220. The molecule has 0 aliphatic carbocycles. The first-order chi connectivity index (χ1) is 14.6. The van der Waals surface area contributed by atoms with Gasteiger partial charge >= 0.3 is 0 Å². The van der Waals surface area contributed by atoms with Gasteiger partial charge in [-0.25, -0.2) is 0 Å². The summed E-state index contributed by atoms with van der Waals surface area (Å²) < 4.78 is 11.6. The smallest absolute Gasteiger partial charge is 0.157 e. The first-order valence-electron chi connectivity index (χ1n) is 9.74. The summed E-state index contributed by atoms with van der Waals surface area (Å²) in [5, 5.41) is 81.5. The second kappa shape index (κ2) is 7.74. The lowest BCUT2D eigenvalue weighted by Gasteiger charge is -2.41.